The second kappa shape index (κ2) is 10.0. The lowest BCUT2D eigenvalue weighted by atomic mass is 9.85. The summed E-state index contributed by atoms with van der Waals surface area (Å²) < 4.78 is 18.8. The number of amides is 1. The third kappa shape index (κ3) is 5.02. The number of halogens is 2. The highest BCUT2D eigenvalue weighted by molar-refractivity contribution is 6.31. The topological polar surface area (TPSA) is 105 Å². The number of aromatic nitrogens is 4. The number of rotatable bonds is 5. The van der Waals surface area contributed by atoms with Crippen LogP contribution in [0.1, 0.15) is 25.7 Å². The van der Waals surface area contributed by atoms with Crippen LogP contribution in [0.25, 0.3) is 11.0 Å². The van der Waals surface area contributed by atoms with E-state index in [0.29, 0.717) is 54.8 Å². The van der Waals surface area contributed by atoms with Crippen LogP contribution in [0, 0.1) is 11.7 Å². The van der Waals surface area contributed by atoms with E-state index in [0.717, 1.165) is 25.7 Å². The highest BCUT2D eigenvalue weighted by Crippen LogP contribution is 2.29. The molecule has 9 nitrogen and oxygen atoms in total. The quantitative estimate of drug-likeness (QED) is 0.562. The van der Waals surface area contributed by atoms with E-state index in [9.17, 15) is 9.18 Å². The third-order valence-corrected chi connectivity index (χ3v) is 6.58. The van der Waals surface area contributed by atoms with Crippen LogP contribution in [0.3, 0.4) is 0 Å². The molecule has 11 heteroatoms. The number of hydrogen-bond donors (Lipinski definition) is 2. The standard InChI is InChI=1S/C23H25ClFN7O2/c24-17-11-16(5-6-18(17)25)29-21-20-19(27-13-28-21)12-26-23(31-20)30-15-3-1-14(2-4-15)22(33)32-7-9-34-10-8-32/h5-6,11-15H,1-4,7-10H2,(H,26,30,31)(H,27,28,29)/t14-,15-. The molecular weight excluding hydrogens is 461 g/mol. The molecule has 2 N–H and O–H groups in total. The molecule has 34 heavy (non-hydrogen) atoms. The van der Waals surface area contributed by atoms with Crippen molar-refractivity contribution in [2.24, 2.45) is 5.92 Å². The van der Waals surface area contributed by atoms with Crippen LogP contribution in [0.4, 0.5) is 21.8 Å². The van der Waals surface area contributed by atoms with Crippen LogP contribution < -0.4 is 10.6 Å². The van der Waals surface area contributed by atoms with Gasteiger partial charge in [0, 0.05) is 30.7 Å². The second-order valence-corrected chi connectivity index (χ2v) is 8.94. The van der Waals surface area contributed by atoms with E-state index in [1.165, 1.54) is 18.5 Å². The highest BCUT2D eigenvalue weighted by Gasteiger charge is 2.30. The van der Waals surface area contributed by atoms with E-state index in [4.69, 9.17) is 16.3 Å². The molecule has 3 heterocycles. The summed E-state index contributed by atoms with van der Waals surface area (Å²) >= 11 is 5.89. The number of nitrogens with zero attached hydrogens (tertiary/aromatic N) is 5. The van der Waals surface area contributed by atoms with Gasteiger partial charge in [0.1, 0.15) is 23.2 Å². The Morgan fingerprint density at radius 1 is 1.12 bits per heavy atom. The number of carbonyl (C=O) groups is 1. The molecule has 1 aliphatic carbocycles. The number of ether oxygens (including phenoxy) is 1. The van der Waals surface area contributed by atoms with Gasteiger partial charge in [-0.1, -0.05) is 11.6 Å². The first-order valence-electron chi connectivity index (χ1n) is 11.4. The van der Waals surface area contributed by atoms with E-state index in [-0.39, 0.29) is 22.9 Å². The van der Waals surface area contributed by atoms with E-state index in [2.05, 4.69) is 30.6 Å². The van der Waals surface area contributed by atoms with Crippen LogP contribution in [-0.2, 0) is 9.53 Å². The van der Waals surface area contributed by atoms with Gasteiger partial charge < -0.3 is 20.3 Å². The van der Waals surface area contributed by atoms with Crippen molar-refractivity contribution in [2.75, 3.05) is 36.9 Å². The fourth-order valence-electron chi connectivity index (χ4n) is 4.43. The van der Waals surface area contributed by atoms with Gasteiger partial charge in [0.05, 0.1) is 24.4 Å². The van der Waals surface area contributed by atoms with Gasteiger partial charge in [0.25, 0.3) is 0 Å². The predicted octanol–water partition coefficient (Wildman–Crippen LogP) is 3.79. The Morgan fingerprint density at radius 2 is 1.91 bits per heavy atom. The number of nitrogens with one attached hydrogen (secondary N) is 2. The van der Waals surface area contributed by atoms with Gasteiger partial charge in [-0.05, 0) is 43.9 Å². The van der Waals surface area contributed by atoms with Crippen molar-refractivity contribution in [3.63, 3.8) is 0 Å². The summed E-state index contributed by atoms with van der Waals surface area (Å²) in [6.07, 6.45) is 6.46. The lowest BCUT2D eigenvalue weighted by Gasteiger charge is -2.34. The van der Waals surface area contributed by atoms with Gasteiger partial charge in [-0.25, -0.2) is 24.3 Å². The minimum absolute atomic E-state index is 0.0167. The monoisotopic (exact) mass is 485 g/mol. The minimum Gasteiger partial charge on any atom is -0.378 e. The minimum atomic E-state index is -0.491. The Morgan fingerprint density at radius 3 is 2.68 bits per heavy atom. The fraction of sp³-hybridized carbons (Fsp3) is 0.435. The Labute approximate surface area is 201 Å². The van der Waals surface area contributed by atoms with E-state index in [1.807, 2.05) is 4.90 Å². The second-order valence-electron chi connectivity index (χ2n) is 8.53. The molecule has 1 aromatic carbocycles. The Hall–Kier alpha value is -3.11. The van der Waals surface area contributed by atoms with E-state index >= 15 is 0 Å². The molecule has 1 amide bonds. The zero-order chi connectivity index (χ0) is 23.5. The summed E-state index contributed by atoms with van der Waals surface area (Å²) in [7, 11) is 0. The molecule has 1 saturated heterocycles. The van der Waals surface area contributed by atoms with Crippen LogP contribution in [0.15, 0.2) is 30.7 Å². The Kier molecular flexibility index (Phi) is 6.68. The maximum absolute atomic E-state index is 13.5. The molecule has 2 aliphatic rings. The molecule has 2 aromatic heterocycles. The zero-order valence-corrected chi connectivity index (χ0v) is 19.3. The van der Waals surface area contributed by atoms with Gasteiger partial charge in [0.15, 0.2) is 5.82 Å². The molecule has 0 bridgehead atoms. The maximum atomic E-state index is 13.5. The van der Waals surface area contributed by atoms with Gasteiger partial charge in [-0.15, -0.1) is 0 Å². The molecule has 0 spiro atoms. The number of benzene rings is 1. The molecule has 178 valence electrons. The first-order chi connectivity index (χ1) is 16.6. The normalized spacial score (nSPS) is 20.8. The van der Waals surface area contributed by atoms with Crippen LogP contribution in [-0.4, -0.2) is 63.1 Å². The lowest BCUT2D eigenvalue weighted by Crippen LogP contribution is -2.45. The number of carbonyl (C=O) groups excluding carboxylic acids is 1. The highest BCUT2D eigenvalue weighted by atomic mass is 35.5. The summed E-state index contributed by atoms with van der Waals surface area (Å²) in [6, 6.07) is 4.53. The molecule has 0 atom stereocenters. The summed E-state index contributed by atoms with van der Waals surface area (Å²) in [6.45, 7) is 2.61. The number of hydrogen-bond acceptors (Lipinski definition) is 8. The van der Waals surface area contributed by atoms with Crippen molar-refractivity contribution in [1.82, 2.24) is 24.8 Å². The molecule has 1 aliphatic heterocycles. The van der Waals surface area contributed by atoms with Crippen molar-refractivity contribution in [2.45, 2.75) is 31.7 Å². The number of morpholine rings is 1. The first kappa shape index (κ1) is 22.7. The smallest absolute Gasteiger partial charge is 0.225 e. The van der Waals surface area contributed by atoms with E-state index < -0.39 is 5.82 Å². The summed E-state index contributed by atoms with van der Waals surface area (Å²) in [5.74, 6) is 0.774. The van der Waals surface area contributed by atoms with E-state index in [1.54, 1.807) is 12.3 Å². The average molecular weight is 486 g/mol. The van der Waals surface area contributed by atoms with Crippen molar-refractivity contribution in [1.29, 1.82) is 0 Å². The lowest BCUT2D eigenvalue weighted by molar-refractivity contribution is -0.140. The van der Waals surface area contributed by atoms with Crippen molar-refractivity contribution >= 4 is 46.0 Å². The first-order valence-corrected chi connectivity index (χ1v) is 11.8. The van der Waals surface area contributed by atoms with Crippen LogP contribution >= 0.6 is 11.6 Å². The summed E-state index contributed by atoms with van der Waals surface area (Å²) in [5, 5.41) is 6.54. The largest absolute Gasteiger partial charge is 0.378 e. The van der Waals surface area contributed by atoms with Crippen LogP contribution in [0.5, 0.6) is 0 Å². The number of anilines is 3. The van der Waals surface area contributed by atoms with Crippen molar-refractivity contribution in [3.8, 4) is 0 Å². The SMILES string of the molecule is O=C([C@H]1CC[C@H](Nc2ncc3ncnc(Nc4ccc(F)c(Cl)c4)c3n2)CC1)N1CCOCC1. The van der Waals surface area contributed by atoms with Gasteiger partial charge >= 0.3 is 0 Å². The molecular formula is C23H25ClFN7O2. The molecule has 5 rings (SSSR count). The van der Waals surface area contributed by atoms with Gasteiger partial charge in [-0.3, -0.25) is 4.79 Å². The molecule has 1 saturated carbocycles. The molecule has 3 aromatic rings. The van der Waals surface area contributed by atoms with Crippen LogP contribution in [0.2, 0.25) is 5.02 Å². The number of fused-ring (bicyclic) bond motifs is 1. The Bertz CT molecular complexity index is 1180. The van der Waals surface area contributed by atoms with Crippen molar-refractivity contribution < 1.29 is 13.9 Å². The Balaban J connectivity index is 1.25. The predicted molar refractivity (Wildman–Crippen MR) is 127 cm³/mol. The average Bonchev–Trinajstić information content (AvgIpc) is 2.87. The van der Waals surface area contributed by atoms with Gasteiger partial charge in [-0.2, -0.15) is 0 Å². The summed E-state index contributed by atoms with van der Waals surface area (Å²) in [5.41, 5.74) is 1.70. The van der Waals surface area contributed by atoms with Gasteiger partial charge in [0.2, 0.25) is 11.9 Å². The zero-order valence-electron chi connectivity index (χ0n) is 18.5. The third-order valence-electron chi connectivity index (χ3n) is 6.29. The molecule has 0 unspecified atom stereocenters. The maximum Gasteiger partial charge on any atom is 0.225 e. The molecule has 2 fully saturated rings. The molecule has 0 radical (unpaired) electrons. The summed E-state index contributed by atoms with van der Waals surface area (Å²) in [4.78, 5) is 32.2. The van der Waals surface area contributed by atoms with Crippen molar-refractivity contribution in [3.05, 3.63) is 41.6 Å². The fourth-order valence-corrected chi connectivity index (χ4v) is 4.62.